The van der Waals surface area contributed by atoms with Crippen molar-refractivity contribution in [2.24, 2.45) is 21.9 Å². The summed E-state index contributed by atoms with van der Waals surface area (Å²) in [6.07, 6.45) is 1.70. The van der Waals surface area contributed by atoms with Crippen molar-refractivity contribution in [3.8, 4) is 6.07 Å². The maximum atomic E-state index is 12.4. The van der Waals surface area contributed by atoms with Crippen molar-refractivity contribution in [1.82, 2.24) is 0 Å². The summed E-state index contributed by atoms with van der Waals surface area (Å²) < 4.78 is 34.6. The summed E-state index contributed by atoms with van der Waals surface area (Å²) in [5.41, 5.74) is -0.671. The van der Waals surface area contributed by atoms with E-state index in [0.717, 1.165) is 12.8 Å². The molecule has 0 saturated heterocycles. The van der Waals surface area contributed by atoms with Gasteiger partial charge in [-0.15, -0.1) is 0 Å². The molecule has 144 valence electrons. The standard InChI is InChI=1S/C19H22N2O5S/c1-18(2)15-8-9-19(18,17(22)10-15)12-27(23,24)26-21-13-25-16(11-20)14-6-4-3-5-7-14/h3-7,13,15-16H,8-10,12H2,1-2H3. The largest absolute Gasteiger partial charge is 0.457 e. The molecule has 3 unspecified atom stereocenters. The van der Waals surface area contributed by atoms with E-state index in [1.54, 1.807) is 30.3 Å². The Morgan fingerprint density at radius 1 is 1.37 bits per heavy atom. The van der Waals surface area contributed by atoms with Crippen molar-refractivity contribution in [2.75, 3.05) is 5.75 Å². The number of carbonyl (C=O) groups excluding carboxylic acids is 1. The molecule has 2 bridgehead atoms. The number of carbonyl (C=O) groups is 1. The first-order valence-corrected chi connectivity index (χ1v) is 10.4. The quantitative estimate of drug-likeness (QED) is 0.402. The second-order valence-electron chi connectivity index (χ2n) is 7.71. The highest BCUT2D eigenvalue weighted by atomic mass is 32.2. The Kier molecular flexibility index (Phi) is 5.00. The monoisotopic (exact) mass is 390 g/mol. The summed E-state index contributed by atoms with van der Waals surface area (Å²) in [7, 11) is -4.06. The van der Waals surface area contributed by atoms with Crippen LogP contribution in [0.3, 0.4) is 0 Å². The highest BCUT2D eigenvalue weighted by Crippen LogP contribution is 2.64. The van der Waals surface area contributed by atoms with Crippen LogP contribution in [-0.2, 0) is 23.9 Å². The Hall–Kier alpha value is -2.40. The van der Waals surface area contributed by atoms with Crippen molar-refractivity contribution in [2.45, 2.75) is 39.2 Å². The Morgan fingerprint density at radius 3 is 2.63 bits per heavy atom. The molecule has 1 aromatic carbocycles. The van der Waals surface area contributed by atoms with Gasteiger partial charge in [0, 0.05) is 12.0 Å². The molecule has 2 fully saturated rings. The Balaban J connectivity index is 1.63. The van der Waals surface area contributed by atoms with E-state index in [4.69, 9.17) is 10.00 Å². The minimum atomic E-state index is -4.06. The molecule has 0 spiro atoms. The molecule has 2 aliphatic rings. The van der Waals surface area contributed by atoms with E-state index in [1.807, 2.05) is 19.9 Å². The summed E-state index contributed by atoms with van der Waals surface area (Å²) in [4.78, 5) is 12.4. The third-order valence-electron chi connectivity index (χ3n) is 6.18. The van der Waals surface area contributed by atoms with Gasteiger partial charge in [0.15, 0.2) is 0 Å². The van der Waals surface area contributed by atoms with Gasteiger partial charge in [0.1, 0.15) is 17.6 Å². The minimum Gasteiger partial charge on any atom is -0.457 e. The lowest BCUT2D eigenvalue weighted by Crippen LogP contribution is -2.42. The SMILES string of the molecule is CC1(C)C2CCC1(CS(=O)(=O)ON=COC(C#N)c1ccccc1)C(=O)C2. The lowest BCUT2D eigenvalue weighted by atomic mass is 9.70. The van der Waals surface area contributed by atoms with Crippen LogP contribution in [0, 0.1) is 28.1 Å². The van der Waals surface area contributed by atoms with Gasteiger partial charge >= 0.3 is 10.1 Å². The first-order valence-electron chi connectivity index (χ1n) is 8.78. The number of rotatable bonds is 7. The van der Waals surface area contributed by atoms with Crippen LogP contribution in [0.15, 0.2) is 35.5 Å². The van der Waals surface area contributed by atoms with Crippen LogP contribution < -0.4 is 0 Å². The first-order chi connectivity index (χ1) is 12.7. The predicted molar refractivity (Wildman–Crippen MR) is 97.8 cm³/mol. The molecule has 2 saturated carbocycles. The number of nitrogens with zero attached hydrogens (tertiary/aromatic N) is 2. The molecular formula is C19H22N2O5S. The van der Waals surface area contributed by atoms with Crippen LogP contribution in [0.5, 0.6) is 0 Å². The van der Waals surface area contributed by atoms with E-state index in [0.29, 0.717) is 18.4 Å². The molecule has 0 amide bonds. The number of nitriles is 1. The Labute approximate surface area is 159 Å². The molecule has 0 N–H and O–H groups in total. The van der Waals surface area contributed by atoms with Crippen molar-refractivity contribution in [3.63, 3.8) is 0 Å². The maximum Gasteiger partial charge on any atom is 0.329 e. The van der Waals surface area contributed by atoms with Gasteiger partial charge in [-0.3, -0.25) is 9.08 Å². The van der Waals surface area contributed by atoms with Gasteiger partial charge in [-0.1, -0.05) is 44.2 Å². The van der Waals surface area contributed by atoms with Crippen molar-refractivity contribution >= 4 is 22.3 Å². The molecule has 27 heavy (non-hydrogen) atoms. The van der Waals surface area contributed by atoms with E-state index in [-0.39, 0.29) is 22.9 Å². The fraction of sp³-hybridized carbons (Fsp3) is 0.526. The first kappa shape index (κ1) is 19.4. The number of hydrogen-bond donors (Lipinski definition) is 0. The van der Waals surface area contributed by atoms with E-state index in [1.165, 1.54) is 0 Å². The molecule has 2 aliphatic carbocycles. The molecule has 8 heteroatoms. The molecule has 7 nitrogen and oxygen atoms in total. The predicted octanol–water partition coefficient (Wildman–Crippen LogP) is 2.95. The number of ether oxygens (including phenoxy) is 1. The molecule has 0 aromatic heterocycles. The Morgan fingerprint density at radius 2 is 2.07 bits per heavy atom. The highest BCUT2D eigenvalue weighted by Gasteiger charge is 2.65. The average molecular weight is 390 g/mol. The average Bonchev–Trinajstić information content (AvgIpc) is 2.96. The fourth-order valence-electron chi connectivity index (χ4n) is 4.42. The van der Waals surface area contributed by atoms with E-state index in [2.05, 4.69) is 9.44 Å². The molecule has 0 aliphatic heterocycles. The number of hydrogen-bond acceptors (Lipinski definition) is 7. The van der Waals surface area contributed by atoms with Crippen LogP contribution in [0.1, 0.15) is 44.8 Å². The smallest absolute Gasteiger partial charge is 0.329 e. The van der Waals surface area contributed by atoms with Crippen LogP contribution in [0.4, 0.5) is 0 Å². The third kappa shape index (κ3) is 3.44. The zero-order valence-corrected chi connectivity index (χ0v) is 16.1. The number of oxime groups is 1. The minimum absolute atomic E-state index is 0.00947. The number of benzene rings is 1. The van der Waals surface area contributed by atoms with E-state index >= 15 is 0 Å². The molecule has 3 atom stereocenters. The van der Waals surface area contributed by atoms with E-state index in [9.17, 15) is 13.2 Å². The van der Waals surface area contributed by atoms with Crippen molar-refractivity contribution < 1.29 is 22.2 Å². The van der Waals surface area contributed by atoms with Gasteiger partial charge in [-0.2, -0.15) is 13.7 Å². The summed E-state index contributed by atoms with van der Waals surface area (Å²) in [5.74, 6) is -0.181. The zero-order valence-electron chi connectivity index (χ0n) is 15.3. The fourth-order valence-corrected chi connectivity index (χ4v) is 5.92. The van der Waals surface area contributed by atoms with Crippen LogP contribution in [0.2, 0.25) is 0 Å². The van der Waals surface area contributed by atoms with E-state index < -0.39 is 21.6 Å². The van der Waals surface area contributed by atoms with Gasteiger partial charge in [-0.05, 0) is 29.3 Å². The molecular weight excluding hydrogens is 368 g/mol. The third-order valence-corrected chi connectivity index (χ3v) is 7.34. The number of Topliss-reactive ketones (excluding diaryl/α,β-unsaturated/α-hetero) is 1. The molecule has 0 heterocycles. The van der Waals surface area contributed by atoms with Crippen LogP contribution in [-0.4, -0.2) is 26.4 Å². The summed E-state index contributed by atoms with van der Waals surface area (Å²) in [6, 6.07) is 10.7. The second-order valence-corrected chi connectivity index (χ2v) is 9.26. The van der Waals surface area contributed by atoms with Crippen molar-refractivity contribution in [3.05, 3.63) is 35.9 Å². The number of ketones is 1. The molecule has 3 rings (SSSR count). The zero-order chi connectivity index (χ0) is 19.7. The topological polar surface area (TPSA) is 106 Å². The van der Waals surface area contributed by atoms with Gasteiger partial charge in [0.2, 0.25) is 12.5 Å². The maximum absolute atomic E-state index is 12.4. The molecule has 1 aromatic rings. The van der Waals surface area contributed by atoms with Gasteiger partial charge < -0.3 is 4.74 Å². The van der Waals surface area contributed by atoms with Gasteiger partial charge in [0.05, 0.1) is 5.41 Å². The highest BCUT2D eigenvalue weighted by molar-refractivity contribution is 7.86. The van der Waals surface area contributed by atoms with Crippen LogP contribution in [0.25, 0.3) is 0 Å². The summed E-state index contributed by atoms with van der Waals surface area (Å²) in [6.45, 7) is 3.91. The number of fused-ring (bicyclic) bond motifs is 2. The lowest BCUT2D eigenvalue weighted by Gasteiger charge is -2.35. The second kappa shape index (κ2) is 6.97. The van der Waals surface area contributed by atoms with Crippen molar-refractivity contribution in [1.29, 1.82) is 5.26 Å². The van der Waals surface area contributed by atoms with Crippen LogP contribution >= 0.6 is 0 Å². The summed E-state index contributed by atoms with van der Waals surface area (Å²) >= 11 is 0. The molecule has 0 radical (unpaired) electrons. The normalized spacial score (nSPS) is 27.4. The van der Waals surface area contributed by atoms with Gasteiger partial charge in [0.25, 0.3) is 0 Å². The Bertz CT molecular complexity index is 888. The van der Waals surface area contributed by atoms with Gasteiger partial charge in [-0.25, -0.2) is 0 Å². The lowest BCUT2D eigenvalue weighted by molar-refractivity contribution is -0.128. The summed E-state index contributed by atoms with van der Waals surface area (Å²) in [5, 5.41) is 12.5.